The fourth-order valence-electron chi connectivity index (χ4n) is 4.25. The molecule has 1 aliphatic rings. The lowest BCUT2D eigenvalue weighted by atomic mass is 10.0. The number of nitrogens with zero attached hydrogens (tertiary/aromatic N) is 1. The van der Waals surface area contributed by atoms with Crippen LogP contribution in [0.2, 0.25) is 0 Å². The highest BCUT2D eigenvalue weighted by Gasteiger charge is 2.23. The molecule has 0 bridgehead atoms. The van der Waals surface area contributed by atoms with E-state index < -0.39 is 12.1 Å². The van der Waals surface area contributed by atoms with Crippen molar-refractivity contribution in [1.82, 2.24) is 4.98 Å². The van der Waals surface area contributed by atoms with Crippen molar-refractivity contribution in [2.45, 2.75) is 58.7 Å². The Morgan fingerprint density at radius 2 is 1.97 bits per heavy atom. The molecule has 0 radical (unpaired) electrons. The summed E-state index contributed by atoms with van der Waals surface area (Å²) >= 11 is 0. The lowest BCUT2D eigenvalue weighted by molar-refractivity contribution is -0.136. The van der Waals surface area contributed by atoms with E-state index >= 15 is 0 Å². The van der Waals surface area contributed by atoms with Gasteiger partial charge in [-0.3, -0.25) is 4.79 Å². The summed E-state index contributed by atoms with van der Waals surface area (Å²) in [5, 5.41) is 8.95. The minimum absolute atomic E-state index is 0.0988. The van der Waals surface area contributed by atoms with Gasteiger partial charge >= 0.3 is 5.97 Å². The van der Waals surface area contributed by atoms with Crippen molar-refractivity contribution in [2.24, 2.45) is 0 Å². The van der Waals surface area contributed by atoms with Gasteiger partial charge in [-0.2, -0.15) is 0 Å². The van der Waals surface area contributed by atoms with E-state index in [1.54, 1.807) is 0 Å². The number of hydrogen-bond acceptors (Lipinski definition) is 6. The third-order valence-corrected chi connectivity index (χ3v) is 6.21. The van der Waals surface area contributed by atoms with Crippen molar-refractivity contribution in [1.29, 1.82) is 0 Å². The van der Waals surface area contributed by atoms with Gasteiger partial charge in [0, 0.05) is 24.8 Å². The zero-order valence-corrected chi connectivity index (χ0v) is 21.1. The van der Waals surface area contributed by atoms with Crippen LogP contribution in [-0.2, 0) is 16.0 Å². The minimum Gasteiger partial charge on any atom is -0.490 e. The number of carboxylic acid groups (broad SMARTS) is 1. The standard InChI is InChI=1S/C29H33NO6/c1-18(2)27-28(20(4)34-25-10-8-21(19(3)16-25)9-11-26(31)32)36-29(30-27)22-6-5-7-24(17-22)35-23-12-14-33-15-13-23/h5-8,10,16-17,20,23H,1,9,11-15H2,2-4H3,(H,31,32). The Balaban J connectivity index is 1.52. The first-order valence-electron chi connectivity index (χ1n) is 12.3. The zero-order chi connectivity index (χ0) is 25.7. The van der Waals surface area contributed by atoms with Crippen molar-refractivity contribution >= 4 is 11.5 Å². The zero-order valence-electron chi connectivity index (χ0n) is 21.1. The number of carbonyl (C=O) groups is 1. The molecule has 0 amide bonds. The molecule has 1 unspecified atom stereocenters. The molecule has 2 aromatic carbocycles. The van der Waals surface area contributed by atoms with Gasteiger partial charge in [0.1, 0.15) is 23.3 Å². The Morgan fingerprint density at radius 1 is 1.19 bits per heavy atom. The molecule has 4 rings (SSSR count). The summed E-state index contributed by atoms with van der Waals surface area (Å²) < 4.78 is 24.0. The first-order valence-corrected chi connectivity index (χ1v) is 12.3. The molecular formula is C29H33NO6. The monoisotopic (exact) mass is 491 g/mol. The summed E-state index contributed by atoms with van der Waals surface area (Å²) in [6.07, 6.45) is 2.07. The second kappa shape index (κ2) is 11.4. The topological polar surface area (TPSA) is 91.0 Å². The van der Waals surface area contributed by atoms with Gasteiger partial charge in [0.15, 0.2) is 11.9 Å². The fraction of sp³-hybridized carbons (Fsp3) is 0.379. The van der Waals surface area contributed by atoms with Gasteiger partial charge in [-0.25, -0.2) is 4.98 Å². The average molecular weight is 492 g/mol. The van der Waals surface area contributed by atoms with Crippen molar-refractivity contribution in [2.75, 3.05) is 13.2 Å². The highest BCUT2D eigenvalue weighted by molar-refractivity contribution is 5.67. The van der Waals surface area contributed by atoms with Crippen LogP contribution in [0.1, 0.15) is 61.8 Å². The molecule has 1 atom stereocenters. The SMILES string of the molecule is C=C(C)c1nc(-c2cccc(OC3CCOCC3)c2)oc1C(C)Oc1ccc(CCC(=O)O)c(C)c1. The van der Waals surface area contributed by atoms with Crippen LogP contribution in [0.25, 0.3) is 17.0 Å². The number of hydrogen-bond donors (Lipinski definition) is 1. The smallest absolute Gasteiger partial charge is 0.303 e. The van der Waals surface area contributed by atoms with Gasteiger partial charge in [-0.1, -0.05) is 18.7 Å². The molecule has 1 fully saturated rings. The van der Waals surface area contributed by atoms with E-state index in [0.717, 1.165) is 54.1 Å². The average Bonchev–Trinajstić information content (AvgIpc) is 3.31. The third kappa shape index (κ3) is 6.34. The maximum absolute atomic E-state index is 10.9. The van der Waals surface area contributed by atoms with Crippen LogP contribution in [0.3, 0.4) is 0 Å². The van der Waals surface area contributed by atoms with Crippen LogP contribution in [0, 0.1) is 6.92 Å². The molecule has 190 valence electrons. The Hall–Kier alpha value is -3.58. The number of aromatic nitrogens is 1. The molecule has 2 heterocycles. The molecule has 36 heavy (non-hydrogen) atoms. The summed E-state index contributed by atoms with van der Waals surface area (Å²) in [5.41, 5.74) is 4.25. The van der Waals surface area contributed by atoms with E-state index in [1.165, 1.54) is 0 Å². The van der Waals surface area contributed by atoms with Gasteiger partial charge in [0.05, 0.1) is 13.2 Å². The largest absolute Gasteiger partial charge is 0.490 e. The Labute approximate surface area is 211 Å². The van der Waals surface area contributed by atoms with Crippen LogP contribution in [0.4, 0.5) is 0 Å². The number of ether oxygens (including phenoxy) is 3. The predicted molar refractivity (Wildman–Crippen MR) is 137 cm³/mol. The molecule has 0 spiro atoms. The second-order valence-electron chi connectivity index (χ2n) is 9.21. The molecule has 7 nitrogen and oxygen atoms in total. The molecule has 0 saturated carbocycles. The number of aliphatic carboxylic acids is 1. The number of oxazole rings is 1. The summed E-state index contributed by atoms with van der Waals surface area (Å²) in [5.74, 6) is 1.73. The van der Waals surface area contributed by atoms with E-state index in [0.29, 0.717) is 29.5 Å². The van der Waals surface area contributed by atoms with Crippen LogP contribution >= 0.6 is 0 Å². The van der Waals surface area contributed by atoms with E-state index in [1.807, 2.05) is 63.2 Å². The lowest BCUT2D eigenvalue weighted by Crippen LogP contribution is -2.25. The van der Waals surface area contributed by atoms with Gasteiger partial charge in [-0.15, -0.1) is 0 Å². The number of allylic oxidation sites excluding steroid dienone is 1. The van der Waals surface area contributed by atoms with Crippen molar-refractivity contribution in [3.8, 4) is 23.0 Å². The van der Waals surface area contributed by atoms with Crippen LogP contribution in [0.5, 0.6) is 11.5 Å². The third-order valence-electron chi connectivity index (χ3n) is 6.21. The first kappa shape index (κ1) is 25.5. The molecule has 3 aromatic rings. The maximum Gasteiger partial charge on any atom is 0.303 e. The highest BCUT2D eigenvalue weighted by atomic mass is 16.5. The van der Waals surface area contributed by atoms with Crippen LogP contribution in [0.15, 0.2) is 53.5 Å². The highest BCUT2D eigenvalue weighted by Crippen LogP contribution is 2.34. The number of benzene rings is 2. The number of aryl methyl sites for hydroxylation is 2. The normalized spacial score (nSPS) is 14.9. The molecular weight excluding hydrogens is 458 g/mol. The Bertz CT molecular complexity index is 1220. The van der Waals surface area contributed by atoms with Gasteiger partial charge < -0.3 is 23.7 Å². The predicted octanol–water partition coefficient (Wildman–Crippen LogP) is 6.40. The minimum atomic E-state index is -0.808. The van der Waals surface area contributed by atoms with E-state index in [2.05, 4.69) is 6.58 Å². The van der Waals surface area contributed by atoms with E-state index in [-0.39, 0.29) is 12.5 Å². The summed E-state index contributed by atoms with van der Waals surface area (Å²) in [6.45, 7) is 11.3. The maximum atomic E-state index is 10.9. The molecule has 0 aliphatic carbocycles. The van der Waals surface area contributed by atoms with Crippen molar-refractivity contribution in [3.05, 3.63) is 71.6 Å². The summed E-state index contributed by atoms with van der Waals surface area (Å²) in [4.78, 5) is 15.6. The van der Waals surface area contributed by atoms with Crippen LogP contribution < -0.4 is 9.47 Å². The van der Waals surface area contributed by atoms with Gasteiger partial charge in [-0.05, 0) is 74.2 Å². The first-order chi connectivity index (χ1) is 17.3. The Morgan fingerprint density at radius 3 is 2.67 bits per heavy atom. The van der Waals surface area contributed by atoms with Crippen molar-refractivity contribution < 1.29 is 28.5 Å². The molecule has 1 N–H and O–H groups in total. The lowest BCUT2D eigenvalue weighted by Gasteiger charge is -2.23. The van der Waals surface area contributed by atoms with E-state index in [9.17, 15) is 4.79 Å². The molecule has 1 aliphatic heterocycles. The summed E-state index contributed by atoms with van der Waals surface area (Å²) in [6, 6.07) is 13.4. The Kier molecular flexibility index (Phi) is 8.10. The van der Waals surface area contributed by atoms with Crippen molar-refractivity contribution in [3.63, 3.8) is 0 Å². The molecule has 1 aromatic heterocycles. The number of carboxylic acids is 1. The van der Waals surface area contributed by atoms with Crippen LogP contribution in [-0.4, -0.2) is 35.4 Å². The molecule has 7 heteroatoms. The van der Waals surface area contributed by atoms with Gasteiger partial charge in [0.2, 0.25) is 5.89 Å². The number of rotatable bonds is 10. The van der Waals surface area contributed by atoms with E-state index in [4.69, 9.17) is 28.7 Å². The molecule has 1 saturated heterocycles. The quantitative estimate of drug-likeness (QED) is 0.351. The second-order valence-corrected chi connectivity index (χ2v) is 9.21. The fourth-order valence-corrected chi connectivity index (χ4v) is 4.25. The summed E-state index contributed by atoms with van der Waals surface area (Å²) in [7, 11) is 0. The van der Waals surface area contributed by atoms with Gasteiger partial charge in [0.25, 0.3) is 0 Å².